The lowest BCUT2D eigenvalue weighted by Gasteiger charge is -2.26. The third kappa shape index (κ3) is 3.52. The van der Waals surface area contributed by atoms with Crippen LogP contribution in [0.3, 0.4) is 0 Å². The van der Waals surface area contributed by atoms with E-state index in [0.717, 1.165) is 12.2 Å². The number of aromatic nitrogens is 1. The maximum Gasteiger partial charge on any atom is 0.148 e. The molecule has 0 aliphatic heterocycles. The van der Waals surface area contributed by atoms with Gasteiger partial charge in [0.1, 0.15) is 16.9 Å². The Bertz CT molecular complexity index is 417. The number of anilines is 1. The number of hydrogen-bond donors (Lipinski definition) is 0. The topological polar surface area (TPSA) is 39.9 Å². The molecule has 1 aromatic rings. The summed E-state index contributed by atoms with van der Waals surface area (Å²) in [6.07, 6.45) is 4.78. The van der Waals surface area contributed by atoms with Gasteiger partial charge in [-0.15, -0.1) is 0 Å². The van der Waals surface area contributed by atoms with Gasteiger partial charge in [-0.05, 0) is 31.4 Å². The smallest absolute Gasteiger partial charge is 0.148 e. The van der Waals surface area contributed by atoms with E-state index in [4.69, 9.17) is 16.9 Å². The third-order valence-corrected chi connectivity index (χ3v) is 3.74. The second-order valence-corrected chi connectivity index (χ2v) is 5.21. The van der Waals surface area contributed by atoms with Crippen LogP contribution in [0.15, 0.2) is 12.3 Å². The van der Waals surface area contributed by atoms with Crippen molar-refractivity contribution in [2.75, 3.05) is 24.0 Å². The van der Waals surface area contributed by atoms with E-state index in [0.29, 0.717) is 22.4 Å². The number of halogens is 1. The quantitative estimate of drug-likeness (QED) is 0.823. The summed E-state index contributed by atoms with van der Waals surface area (Å²) in [6.45, 7) is 2.13. The minimum Gasteiger partial charge on any atom is -0.356 e. The van der Waals surface area contributed by atoms with E-state index in [1.54, 1.807) is 12.3 Å². The molecule has 0 aromatic carbocycles. The highest BCUT2D eigenvalue weighted by molar-refractivity contribution is 7.98. The molecule has 1 aromatic heterocycles. The summed E-state index contributed by atoms with van der Waals surface area (Å²) in [7, 11) is 1.96. The second-order valence-electron chi connectivity index (χ2n) is 3.85. The average Bonchev–Trinajstić information content (AvgIpc) is 2.35. The summed E-state index contributed by atoms with van der Waals surface area (Å²) in [4.78, 5) is 6.28. The summed E-state index contributed by atoms with van der Waals surface area (Å²) >= 11 is 7.97. The van der Waals surface area contributed by atoms with Crippen molar-refractivity contribution in [3.05, 3.63) is 22.8 Å². The van der Waals surface area contributed by atoms with Gasteiger partial charge in [0.25, 0.3) is 0 Å². The number of thioether (sulfide) groups is 1. The summed E-state index contributed by atoms with van der Waals surface area (Å²) in [6, 6.07) is 4.05. The normalized spacial score (nSPS) is 11.9. The highest BCUT2D eigenvalue weighted by Crippen LogP contribution is 2.27. The summed E-state index contributed by atoms with van der Waals surface area (Å²) in [5, 5.41) is 9.36. The lowest BCUT2D eigenvalue weighted by molar-refractivity contribution is 0.662. The molecule has 0 aliphatic rings. The molecular weight excluding hydrogens is 254 g/mol. The molecule has 0 spiro atoms. The fourth-order valence-corrected chi connectivity index (χ4v) is 2.32. The van der Waals surface area contributed by atoms with E-state index < -0.39 is 0 Å². The van der Waals surface area contributed by atoms with E-state index in [1.165, 1.54) is 0 Å². The predicted molar refractivity (Wildman–Crippen MR) is 74.8 cm³/mol. The van der Waals surface area contributed by atoms with Gasteiger partial charge in [-0.3, -0.25) is 0 Å². The molecule has 5 heteroatoms. The Balaban J connectivity index is 2.89. The first-order chi connectivity index (χ1) is 8.11. The molecule has 17 heavy (non-hydrogen) atoms. The maximum atomic E-state index is 8.92. The van der Waals surface area contributed by atoms with Crippen LogP contribution in [0, 0.1) is 11.3 Å². The molecule has 0 amide bonds. The number of nitriles is 1. The first-order valence-electron chi connectivity index (χ1n) is 5.38. The molecule has 1 rings (SSSR count). The van der Waals surface area contributed by atoms with Crippen LogP contribution in [0.5, 0.6) is 0 Å². The Morgan fingerprint density at radius 2 is 2.35 bits per heavy atom. The Labute approximate surface area is 112 Å². The molecule has 1 heterocycles. The molecular formula is C12H16ClN3S. The minimum absolute atomic E-state index is 0.349. The summed E-state index contributed by atoms with van der Waals surface area (Å²) < 4.78 is 0. The Morgan fingerprint density at radius 3 is 2.94 bits per heavy atom. The highest BCUT2D eigenvalue weighted by Gasteiger charge is 2.16. The van der Waals surface area contributed by atoms with Gasteiger partial charge in [-0.1, -0.05) is 11.6 Å². The van der Waals surface area contributed by atoms with Crippen LogP contribution in [0.4, 0.5) is 5.82 Å². The van der Waals surface area contributed by atoms with Gasteiger partial charge in [0.2, 0.25) is 0 Å². The van der Waals surface area contributed by atoms with Crippen LogP contribution < -0.4 is 4.90 Å². The lowest BCUT2D eigenvalue weighted by atomic mass is 10.2. The zero-order chi connectivity index (χ0) is 12.8. The molecule has 1 unspecified atom stereocenters. The van der Waals surface area contributed by atoms with Gasteiger partial charge in [-0.2, -0.15) is 17.0 Å². The van der Waals surface area contributed by atoms with Crippen LogP contribution in [-0.2, 0) is 0 Å². The van der Waals surface area contributed by atoms with Gasteiger partial charge in [0.15, 0.2) is 0 Å². The Hall–Kier alpha value is -0.920. The van der Waals surface area contributed by atoms with Crippen molar-refractivity contribution >= 4 is 29.2 Å². The molecule has 0 N–H and O–H groups in total. The molecule has 3 nitrogen and oxygen atoms in total. The average molecular weight is 270 g/mol. The van der Waals surface area contributed by atoms with Crippen LogP contribution in [0.1, 0.15) is 18.9 Å². The molecule has 0 radical (unpaired) electrons. The van der Waals surface area contributed by atoms with Crippen molar-refractivity contribution < 1.29 is 0 Å². The Kier molecular flexibility index (Phi) is 5.60. The maximum absolute atomic E-state index is 8.92. The minimum atomic E-state index is 0.349. The van der Waals surface area contributed by atoms with Crippen molar-refractivity contribution in [2.24, 2.45) is 0 Å². The highest BCUT2D eigenvalue weighted by atomic mass is 35.5. The van der Waals surface area contributed by atoms with Crippen LogP contribution >= 0.6 is 23.4 Å². The van der Waals surface area contributed by atoms with Crippen LogP contribution in [0.2, 0.25) is 5.02 Å². The number of nitrogens with zero attached hydrogens (tertiary/aromatic N) is 3. The van der Waals surface area contributed by atoms with Gasteiger partial charge >= 0.3 is 0 Å². The van der Waals surface area contributed by atoms with Crippen molar-refractivity contribution in [1.82, 2.24) is 4.98 Å². The van der Waals surface area contributed by atoms with Gasteiger partial charge in [-0.25, -0.2) is 4.98 Å². The number of rotatable bonds is 5. The first kappa shape index (κ1) is 14.1. The fourth-order valence-electron chi connectivity index (χ4n) is 1.46. The van der Waals surface area contributed by atoms with Crippen LogP contribution in [-0.4, -0.2) is 30.1 Å². The zero-order valence-electron chi connectivity index (χ0n) is 10.3. The largest absolute Gasteiger partial charge is 0.356 e. The zero-order valence-corrected chi connectivity index (χ0v) is 11.8. The molecule has 0 aliphatic carbocycles. The monoisotopic (exact) mass is 269 g/mol. The summed E-state index contributed by atoms with van der Waals surface area (Å²) in [5.74, 6) is 1.78. The molecule has 1 atom stereocenters. The third-order valence-electron chi connectivity index (χ3n) is 2.73. The van der Waals surface area contributed by atoms with Gasteiger partial charge < -0.3 is 4.90 Å². The second kappa shape index (κ2) is 6.73. The van der Waals surface area contributed by atoms with E-state index in [-0.39, 0.29) is 0 Å². The van der Waals surface area contributed by atoms with Crippen molar-refractivity contribution in [3.8, 4) is 6.07 Å². The van der Waals surface area contributed by atoms with Gasteiger partial charge in [0.05, 0.1) is 5.56 Å². The first-order valence-corrected chi connectivity index (χ1v) is 7.15. The Morgan fingerprint density at radius 1 is 1.65 bits per heavy atom. The molecule has 0 fully saturated rings. The molecule has 0 saturated carbocycles. The fraction of sp³-hybridized carbons (Fsp3) is 0.500. The summed E-state index contributed by atoms with van der Waals surface area (Å²) in [5.41, 5.74) is 0.473. The standard InChI is InChI=1S/C12H16ClN3S/c1-9(5-7-17-3)16(2)12-11(13)10(8-14)4-6-15-12/h4,6,9H,5,7H2,1-3H3. The lowest BCUT2D eigenvalue weighted by Crippen LogP contribution is -2.30. The predicted octanol–water partition coefficient (Wildman–Crippen LogP) is 3.18. The van der Waals surface area contributed by atoms with E-state index in [9.17, 15) is 0 Å². The number of pyridine rings is 1. The van der Waals surface area contributed by atoms with Crippen molar-refractivity contribution in [1.29, 1.82) is 5.26 Å². The molecule has 92 valence electrons. The number of hydrogen-bond acceptors (Lipinski definition) is 4. The van der Waals surface area contributed by atoms with E-state index >= 15 is 0 Å². The van der Waals surface area contributed by atoms with Crippen molar-refractivity contribution in [2.45, 2.75) is 19.4 Å². The SMILES string of the molecule is CSCCC(C)N(C)c1nccc(C#N)c1Cl. The van der Waals surface area contributed by atoms with Crippen LogP contribution in [0.25, 0.3) is 0 Å². The molecule has 0 bridgehead atoms. The van der Waals surface area contributed by atoms with Crippen molar-refractivity contribution in [3.63, 3.8) is 0 Å². The van der Waals surface area contributed by atoms with E-state index in [1.807, 2.05) is 23.7 Å². The molecule has 0 saturated heterocycles. The van der Waals surface area contributed by atoms with Gasteiger partial charge in [0, 0.05) is 19.3 Å². The van der Waals surface area contributed by atoms with E-state index in [2.05, 4.69) is 24.2 Å².